The summed E-state index contributed by atoms with van der Waals surface area (Å²) in [6.07, 6.45) is -0.389. The smallest absolute Gasteiger partial charge is 0.304 e. The highest BCUT2D eigenvalue weighted by molar-refractivity contribution is 7.96. The Morgan fingerprint density at radius 3 is 2.24 bits per heavy atom. The Hall–Kier alpha value is -1.89. The fourth-order valence-electron chi connectivity index (χ4n) is 1.35. The second-order valence-corrected chi connectivity index (χ2v) is 3.78. The summed E-state index contributed by atoms with van der Waals surface area (Å²) in [4.78, 5) is 31.6. The van der Waals surface area contributed by atoms with Crippen LogP contribution >= 0.6 is 12.6 Å². The number of carboxylic acids is 1. The highest BCUT2D eigenvalue weighted by Crippen LogP contribution is 2.24. The standard InChI is InChI=1S/C10H9NO5S/c12-9(13)5-8(10(14)17)6-1-3-7(4-2-6)11(15)16/h1-4,8H,5H2,(H,12,13)(H,14,17). The maximum atomic E-state index is 11.2. The van der Waals surface area contributed by atoms with Crippen molar-refractivity contribution in [3.05, 3.63) is 39.9 Å². The van der Waals surface area contributed by atoms with Gasteiger partial charge >= 0.3 is 5.97 Å². The van der Waals surface area contributed by atoms with Gasteiger partial charge in [0.1, 0.15) is 0 Å². The number of thiol groups is 1. The maximum absolute atomic E-state index is 11.2. The molecule has 0 aliphatic carbocycles. The van der Waals surface area contributed by atoms with Crippen LogP contribution in [0.5, 0.6) is 0 Å². The topological polar surface area (TPSA) is 97.5 Å². The number of nitrogens with zero attached hydrogens (tertiary/aromatic N) is 1. The lowest BCUT2D eigenvalue weighted by molar-refractivity contribution is -0.384. The van der Waals surface area contributed by atoms with Crippen LogP contribution < -0.4 is 0 Å². The Balaban J connectivity index is 2.99. The average Bonchev–Trinajstić information content (AvgIpc) is 2.25. The van der Waals surface area contributed by atoms with E-state index in [1.807, 2.05) is 0 Å². The van der Waals surface area contributed by atoms with E-state index in [0.717, 1.165) is 0 Å². The molecular formula is C10H9NO5S. The maximum Gasteiger partial charge on any atom is 0.304 e. The van der Waals surface area contributed by atoms with Crippen molar-refractivity contribution in [1.82, 2.24) is 0 Å². The molecule has 17 heavy (non-hydrogen) atoms. The predicted octanol–water partition coefficient (Wildman–Crippen LogP) is 1.61. The van der Waals surface area contributed by atoms with Gasteiger partial charge in [0, 0.05) is 12.1 Å². The molecule has 0 saturated heterocycles. The summed E-state index contributed by atoms with van der Waals surface area (Å²) in [6, 6.07) is 5.17. The molecule has 0 fully saturated rings. The van der Waals surface area contributed by atoms with Crippen LogP contribution in [0.1, 0.15) is 17.9 Å². The zero-order valence-corrected chi connectivity index (χ0v) is 9.46. The van der Waals surface area contributed by atoms with Crippen LogP contribution in [0.25, 0.3) is 0 Å². The molecule has 0 aliphatic rings. The first kappa shape index (κ1) is 13.2. The number of non-ortho nitro benzene ring substituents is 1. The molecule has 0 spiro atoms. The first-order valence-electron chi connectivity index (χ1n) is 4.60. The minimum Gasteiger partial charge on any atom is -0.481 e. The molecule has 90 valence electrons. The van der Waals surface area contributed by atoms with Gasteiger partial charge in [-0.2, -0.15) is 0 Å². The van der Waals surface area contributed by atoms with Gasteiger partial charge in [0.15, 0.2) is 5.12 Å². The molecule has 1 aromatic carbocycles. The van der Waals surface area contributed by atoms with Gasteiger partial charge in [0.2, 0.25) is 0 Å². The van der Waals surface area contributed by atoms with Gasteiger partial charge in [-0.05, 0) is 5.56 Å². The zero-order chi connectivity index (χ0) is 13.0. The van der Waals surface area contributed by atoms with E-state index in [1.165, 1.54) is 24.3 Å². The van der Waals surface area contributed by atoms with Crippen molar-refractivity contribution in [2.24, 2.45) is 0 Å². The Morgan fingerprint density at radius 2 is 1.88 bits per heavy atom. The number of carboxylic acid groups (broad SMARTS) is 1. The molecule has 1 unspecified atom stereocenters. The van der Waals surface area contributed by atoms with Crippen LogP contribution in [-0.4, -0.2) is 21.1 Å². The monoisotopic (exact) mass is 255 g/mol. The van der Waals surface area contributed by atoms with Gasteiger partial charge < -0.3 is 5.11 Å². The molecule has 0 aromatic heterocycles. The van der Waals surface area contributed by atoms with Crippen LogP contribution in [0.15, 0.2) is 24.3 Å². The van der Waals surface area contributed by atoms with Crippen molar-refractivity contribution < 1.29 is 19.6 Å². The molecule has 1 atom stereocenters. The Labute approximate surface area is 102 Å². The molecule has 0 bridgehead atoms. The van der Waals surface area contributed by atoms with Crippen LogP contribution in [0.4, 0.5) is 5.69 Å². The Kier molecular flexibility index (Phi) is 4.22. The number of nitro benzene ring substituents is 1. The number of rotatable bonds is 5. The largest absolute Gasteiger partial charge is 0.481 e. The van der Waals surface area contributed by atoms with E-state index in [-0.39, 0.29) is 12.1 Å². The van der Waals surface area contributed by atoms with Gasteiger partial charge in [0.25, 0.3) is 5.69 Å². The van der Waals surface area contributed by atoms with Gasteiger partial charge in [-0.3, -0.25) is 19.7 Å². The van der Waals surface area contributed by atoms with E-state index in [2.05, 4.69) is 12.6 Å². The molecule has 1 rings (SSSR count). The lowest BCUT2D eigenvalue weighted by atomic mass is 9.97. The summed E-state index contributed by atoms with van der Waals surface area (Å²) in [5.74, 6) is -2.02. The molecule has 0 heterocycles. The summed E-state index contributed by atoms with van der Waals surface area (Å²) in [5, 5.41) is 18.5. The second-order valence-electron chi connectivity index (χ2n) is 3.34. The van der Waals surface area contributed by atoms with Gasteiger partial charge in [0.05, 0.1) is 17.3 Å². The number of nitro groups is 1. The molecule has 1 N–H and O–H groups in total. The normalized spacial score (nSPS) is 11.8. The molecule has 7 heteroatoms. The van der Waals surface area contributed by atoms with Crippen LogP contribution in [-0.2, 0) is 9.59 Å². The average molecular weight is 255 g/mol. The molecule has 0 aliphatic heterocycles. The SMILES string of the molecule is O=C(O)CC(C(=O)S)c1ccc([N+](=O)[O-])cc1. The van der Waals surface area contributed by atoms with Crippen LogP contribution in [0.2, 0.25) is 0 Å². The van der Waals surface area contributed by atoms with Gasteiger partial charge in [-0.25, -0.2) is 0 Å². The summed E-state index contributed by atoms with van der Waals surface area (Å²) in [7, 11) is 0. The predicted molar refractivity (Wildman–Crippen MR) is 62.1 cm³/mol. The van der Waals surface area contributed by atoms with E-state index in [9.17, 15) is 19.7 Å². The van der Waals surface area contributed by atoms with Gasteiger partial charge in [-0.1, -0.05) is 12.1 Å². The van der Waals surface area contributed by atoms with Gasteiger partial charge in [-0.15, -0.1) is 12.6 Å². The third-order valence-corrected chi connectivity index (χ3v) is 2.49. The zero-order valence-electron chi connectivity index (χ0n) is 8.57. The van der Waals surface area contributed by atoms with E-state index < -0.39 is 21.9 Å². The van der Waals surface area contributed by atoms with Crippen molar-refractivity contribution in [3.63, 3.8) is 0 Å². The van der Waals surface area contributed by atoms with Crippen molar-refractivity contribution in [1.29, 1.82) is 0 Å². The summed E-state index contributed by atoms with van der Waals surface area (Å²) in [6.45, 7) is 0. The number of benzene rings is 1. The molecular weight excluding hydrogens is 246 g/mol. The minimum atomic E-state index is -1.13. The number of hydrogen-bond donors (Lipinski definition) is 2. The van der Waals surface area contributed by atoms with E-state index in [0.29, 0.717) is 5.56 Å². The molecule has 0 radical (unpaired) electrons. The first-order chi connectivity index (χ1) is 7.91. The van der Waals surface area contributed by atoms with Crippen LogP contribution in [0.3, 0.4) is 0 Å². The van der Waals surface area contributed by atoms with E-state index in [4.69, 9.17) is 5.11 Å². The van der Waals surface area contributed by atoms with E-state index >= 15 is 0 Å². The minimum absolute atomic E-state index is 0.116. The fraction of sp³-hybridized carbons (Fsp3) is 0.200. The first-order valence-corrected chi connectivity index (χ1v) is 5.05. The molecule has 0 saturated carbocycles. The number of hydrogen-bond acceptors (Lipinski definition) is 4. The van der Waals surface area contributed by atoms with Crippen LogP contribution in [0, 0.1) is 10.1 Å². The van der Waals surface area contributed by atoms with Crippen molar-refractivity contribution >= 4 is 29.4 Å². The quantitative estimate of drug-likeness (QED) is 0.473. The highest BCUT2D eigenvalue weighted by Gasteiger charge is 2.21. The van der Waals surface area contributed by atoms with E-state index in [1.54, 1.807) is 0 Å². The third-order valence-electron chi connectivity index (χ3n) is 2.18. The second kappa shape index (κ2) is 5.44. The highest BCUT2D eigenvalue weighted by atomic mass is 32.1. The van der Waals surface area contributed by atoms with Crippen molar-refractivity contribution in [2.75, 3.05) is 0 Å². The number of aliphatic carboxylic acids is 1. The molecule has 0 amide bonds. The lowest BCUT2D eigenvalue weighted by Gasteiger charge is -2.10. The summed E-state index contributed by atoms with van der Waals surface area (Å²) in [5.41, 5.74) is 0.285. The number of carbonyl (C=O) groups is 2. The van der Waals surface area contributed by atoms with Crippen molar-refractivity contribution in [2.45, 2.75) is 12.3 Å². The lowest BCUT2D eigenvalue weighted by Crippen LogP contribution is -2.12. The number of carbonyl (C=O) groups excluding carboxylic acids is 1. The fourth-order valence-corrected chi connectivity index (χ4v) is 1.59. The Bertz CT molecular complexity index is 456. The van der Waals surface area contributed by atoms with Crippen molar-refractivity contribution in [3.8, 4) is 0 Å². The molecule has 6 nitrogen and oxygen atoms in total. The summed E-state index contributed by atoms with van der Waals surface area (Å²) >= 11 is 3.61. The third kappa shape index (κ3) is 3.56. The summed E-state index contributed by atoms with van der Waals surface area (Å²) < 4.78 is 0. The molecule has 1 aromatic rings. The Morgan fingerprint density at radius 1 is 1.35 bits per heavy atom.